The highest BCUT2D eigenvalue weighted by Gasteiger charge is 2.35. The summed E-state index contributed by atoms with van der Waals surface area (Å²) in [4.78, 5) is 10.0. The maximum atomic E-state index is 12.6. The van der Waals surface area contributed by atoms with E-state index in [1.165, 1.54) is 0 Å². The lowest BCUT2D eigenvalue weighted by molar-refractivity contribution is -0.384. The zero-order valence-corrected chi connectivity index (χ0v) is 10.8. The molecule has 1 aromatic heterocycles. The summed E-state index contributed by atoms with van der Waals surface area (Å²) < 4.78 is 37.9. The molecule has 0 amide bonds. The van der Waals surface area contributed by atoms with Gasteiger partial charge in [0.1, 0.15) is 6.20 Å². The van der Waals surface area contributed by atoms with Crippen LogP contribution in [0.25, 0.3) is 11.3 Å². The monoisotopic (exact) mass is 325 g/mol. The molecule has 0 saturated carbocycles. The van der Waals surface area contributed by atoms with Crippen molar-refractivity contribution in [1.29, 1.82) is 0 Å². The molecule has 0 aliphatic carbocycles. The van der Waals surface area contributed by atoms with Gasteiger partial charge in [0.15, 0.2) is 5.69 Å². The second-order valence-corrected chi connectivity index (χ2v) is 4.42. The maximum absolute atomic E-state index is 12.6. The number of nitrogens with zero attached hydrogens (tertiary/aromatic N) is 2. The molecule has 0 aliphatic heterocycles. The quantitative estimate of drug-likeness (QED) is 0.660. The van der Waals surface area contributed by atoms with Gasteiger partial charge in [-0.25, -0.2) is 0 Å². The van der Waals surface area contributed by atoms with Crippen LogP contribution < -0.4 is 0 Å². The number of hydrogen-bond donors (Lipinski definition) is 1. The zero-order chi connectivity index (χ0) is 15.1. The molecule has 0 radical (unpaired) electrons. The molecule has 0 fully saturated rings. The van der Waals surface area contributed by atoms with Gasteiger partial charge >= 0.3 is 11.9 Å². The number of hydrogen-bond acceptors (Lipinski definition) is 3. The smallest absolute Gasteiger partial charge is 0.278 e. The molecule has 2 rings (SSSR count). The van der Waals surface area contributed by atoms with Crippen LogP contribution in [0.1, 0.15) is 5.56 Å². The van der Waals surface area contributed by atoms with E-state index in [1.807, 2.05) is 0 Å². The molecule has 0 bridgehead atoms. The van der Waals surface area contributed by atoms with Gasteiger partial charge in [0.2, 0.25) is 0 Å². The number of benzene rings is 1. The molecule has 0 atom stereocenters. The van der Waals surface area contributed by atoms with Crippen LogP contribution in [0.5, 0.6) is 0 Å². The lowest BCUT2D eigenvalue weighted by Crippen LogP contribution is -2.06. The fraction of sp³-hybridized carbons (Fsp3) is 0.100. The highest BCUT2D eigenvalue weighted by atomic mass is 35.5. The van der Waals surface area contributed by atoms with Crippen LogP contribution >= 0.6 is 23.2 Å². The normalized spacial score (nSPS) is 11.7. The lowest BCUT2D eigenvalue weighted by Gasteiger charge is -2.11. The van der Waals surface area contributed by atoms with Crippen LogP contribution in [0.2, 0.25) is 10.0 Å². The molecule has 10 heteroatoms. The molecule has 0 aliphatic rings. The van der Waals surface area contributed by atoms with Gasteiger partial charge in [0.25, 0.3) is 0 Å². The molecule has 5 nitrogen and oxygen atoms in total. The van der Waals surface area contributed by atoms with Crippen LogP contribution in [-0.4, -0.2) is 15.1 Å². The Morgan fingerprint density at radius 1 is 1.25 bits per heavy atom. The maximum Gasteiger partial charge on any atom is 0.417 e. The van der Waals surface area contributed by atoms with Crippen molar-refractivity contribution >= 4 is 28.9 Å². The Morgan fingerprint density at radius 2 is 1.90 bits per heavy atom. The van der Waals surface area contributed by atoms with Crippen molar-refractivity contribution in [3.05, 3.63) is 44.1 Å². The Balaban J connectivity index is 2.63. The Hall–Kier alpha value is -1.80. The Kier molecular flexibility index (Phi) is 3.61. The van der Waals surface area contributed by atoms with Crippen molar-refractivity contribution in [1.82, 2.24) is 10.2 Å². The van der Waals surface area contributed by atoms with Gasteiger partial charge in [0, 0.05) is 5.56 Å². The molecule has 0 saturated heterocycles. The van der Waals surface area contributed by atoms with E-state index in [0.717, 1.165) is 12.3 Å². The topological polar surface area (TPSA) is 71.8 Å². The summed E-state index contributed by atoms with van der Waals surface area (Å²) in [6.07, 6.45) is -3.67. The standard InChI is InChI=1S/C10H4Cl2F3N3O2/c11-7-4(9-6(18(19)20)3-16-17-9)1-2-5(8(7)12)10(13,14)15/h1-3H,(H,16,17). The third kappa shape index (κ3) is 2.44. The van der Waals surface area contributed by atoms with E-state index in [0.29, 0.717) is 6.07 Å². The highest BCUT2D eigenvalue weighted by Crippen LogP contribution is 2.43. The van der Waals surface area contributed by atoms with Gasteiger partial charge in [-0.15, -0.1) is 0 Å². The van der Waals surface area contributed by atoms with Gasteiger partial charge in [-0.3, -0.25) is 15.2 Å². The first-order valence-electron chi connectivity index (χ1n) is 4.97. The number of alkyl halides is 3. The largest absolute Gasteiger partial charge is 0.417 e. The Morgan fingerprint density at radius 3 is 2.45 bits per heavy atom. The second kappa shape index (κ2) is 4.95. The molecule has 1 aromatic carbocycles. The average Bonchev–Trinajstić information content (AvgIpc) is 2.79. The van der Waals surface area contributed by atoms with E-state index in [9.17, 15) is 23.3 Å². The number of nitro groups is 1. The van der Waals surface area contributed by atoms with Crippen molar-refractivity contribution in [3.63, 3.8) is 0 Å². The fourth-order valence-corrected chi connectivity index (χ4v) is 2.10. The van der Waals surface area contributed by atoms with Crippen LogP contribution in [0.3, 0.4) is 0 Å². The number of rotatable bonds is 2. The summed E-state index contributed by atoms with van der Waals surface area (Å²) in [7, 11) is 0. The van der Waals surface area contributed by atoms with Crippen molar-refractivity contribution in [3.8, 4) is 11.3 Å². The summed E-state index contributed by atoms with van der Waals surface area (Å²) in [5.41, 5.74) is -1.78. The van der Waals surface area contributed by atoms with Gasteiger partial charge < -0.3 is 0 Å². The summed E-state index contributed by atoms with van der Waals surface area (Å²) in [5, 5.41) is 15.5. The number of aromatic nitrogens is 2. The number of halogens is 5. The molecule has 1 N–H and O–H groups in total. The zero-order valence-electron chi connectivity index (χ0n) is 9.33. The molecule has 0 spiro atoms. The first kappa shape index (κ1) is 14.6. The first-order chi connectivity index (χ1) is 9.23. The van der Waals surface area contributed by atoms with Crippen molar-refractivity contribution in [2.45, 2.75) is 6.18 Å². The Bertz CT molecular complexity index is 685. The van der Waals surface area contributed by atoms with Gasteiger partial charge in [-0.05, 0) is 6.07 Å². The molecule has 2 aromatic rings. The third-order valence-corrected chi connectivity index (χ3v) is 3.34. The van der Waals surface area contributed by atoms with Crippen LogP contribution in [-0.2, 0) is 6.18 Å². The van der Waals surface area contributed by atoms with Crippen LogP contribution in [0.15, 0.2) is 18.3 Å². The molecular formula is C10H4Cl2F3N3O2. The molecule has 0 unspecified atom stereocenters. The highest BCUT2D eigenvalue weighted by molar-refractivity contribution is 6.44. The predicted molar refractivity (Wildman–Crippen MR) is 65.7 cm³/mol. The minimum Gasteiger partial charge on any atom is -0.278 e. The van der Waals surface area contributed by atoms with Gasteiger partial charge in [0.05, 0.1) is 20.5 Å². The minimum absolute atomic E-state index is 0.0578. The fourth-order valence-electron chi connectivity index (χ4n) is 1.57. The van der Waals surface area contributed by atoms with E-state index in [2.05, 4.69) is 10.2 Å². The number of nitrogens with one attached hydrogen (secondary N) is 1. The van der Waals surface area contributed by atoms with Gasteiger partial charge in [-0.1, -0.05) is 29.3 Å². The minimum atomic E-state index is -4.67. The summed E-state index contributed by atoms with van der Waals surface area (Å²) in [6, 6.07) is 1.68. The van der Waals surface area contributed by atoms with Crippen molar-refractivity contribution in [2.24, 2.45) is 0 Å². The van der Waals surface area contributed by atoms with Crippen molar-refractivity contribution < 1.29 is 18.1 Å². The van der Waals surface area contributed by atoms with E-state index in [4.69, 9.17) is 23.2 Å². The second-order valence-electron chi connectivity index (χ2n) is 3.66. The van der Waals surface area contributed by atoms with E-state index in [1.54, 1.807) is 0 Å². The average molecular weight is 326 g/mol. The Labute approximate surface area is 119 Å². The SMILES string of the molecule is O=[N+]([O-])c1c[nH]nc1-c1ccc(C(F)(F)F)c(Cl)c1Cl. The van der Waals surface area contributed by atoms with E-state index < -0.39 is 32.4 Å². The number of aromatic amines is 1. The van der Waals surface area contributed by atoms with Gasteiger partial charge in [-0.2, -0.15) is 18.3 Å². The summed E-state index contributed by atoms with van der Waals surface area (Å²) >= 11 is 11.3. The van der Waals surface area contributed by atoms with Crippen LogP contribution in [0.4, 0.5) is 18.9 Å². The van der Waals surface area contributed by atoms with Crippen LogP contribution in [0, 0.1) is 10.1 Å². The molecule has 20 heavy (non-hydrogen) atoms. The predicted octanol–water partition coefficient (Wildman–Crippen LogP) is 4.31. The third-order valence-electron chi connectivity index (χ3n) is 2.46. The molecular weight excluding hydrogens is 322 g/mol. The summed E-state index contributed by atoms with van der Waals surface area (Å²) in [5.74, 6) is 0. The first-order valence-corrected chi connectivity index (χ1v) is 5.72. The van der Waals surface area contributed by atoms with E-state index >= 15 is 0 Å². The number of H-pyrrole nitrogens is 1. The lowest BCUT2D eigenvalue weighted by atomic mass is 10.1. The van der Waals surface area contributed by atoms with E-state index in [-0.39, 0.29) is 11.3 Å². The molecule has 1 heterocycles. The summed E-state index contributed by atoms with van der Waals surface area (Å²) in [6.45, 7) is 0. The molecule has 106 valence electrons. The van der Waals surface area contributed by atoms with Crippen molar-refractivity contribution in [2.75, 3.05) is 0 Å².